The molecular weight excluding hydrogens is 562 g/mol. The van der Waals surface area contributed by atoms with Gasteiger partial charge >= 0.3 is 6.09 Å². The Morgan fingerprint density at radius 3 is 2.39 bits per heavy atom. The van der Waals surface area contributed by atoms with Gasteiger partial charge in [0.2, 0.25) is 0 Å². The minimum Gasteiger partial charge on any atom is -0.488 e. The number of carbonyl (C=O) groups is 2. The van der Waals surface area contributed by atoms with Crippen LogP contribution in [0.4, 0.5) is 19.4 Å². The number of benzene rings is 3. The molecule has 0 aromatic heterocycles. The van der Waals surface area contributed by atoms with E-state index >= 15 is 0 Å². The standard InChI is InChI=1S/C28H27BrF2N2O5/c1-28(2,3)37-27(35)33-13-12-21(16-33)36-24-11-9-20(15-22(24)17-4-7-19(30)8-5-17)32-26(34)18-6-10-25(38-31)23(29)14-18/h4-11,14-15,21H,12-13,16H2,1-3H3,(H,32,34). The fourth-order valence-corrected chi connectivity index (χ4v) is 4.41. The molecule has 1 aliphatic heterocycles. The molecule has 1 unspecified atom stereocenters. The summed E-state index contributed by atoms with van der Waals surface area (Å²) in [4.78, 5) is 30.6. The predicted molar refractivity (Wildman–Crippen MR) is 143 cm³/mol. The topological polar surface area (TPSA) is 77.1 Å². The number of halogens is 3. The average Bonchev–Trinajstić information content (AvgIpc) is 3.33. The first-order valence-corrected chi connectivity index (χ1v) is 12.8. The normalized spacial score (nSPS) is 15.2. The lowest BCUT2D eigenvalue weighted by molar-refractivity contribution is -0.00715. The molecule has 2 amide bonds. The Morgan fingerprint density at radius 1 is 1.03 bits per heavy atom. The highest BCUT2D eigenvalue weighted by molar-refractivity contribution is 9.10. The Labute approximate surface area is 227 Å². The number of nitrogens with zero attached hydrogens (tertiary/aromatic N) is 1. The maximum absolute atomic E-state index is 13.6. The highest BCUT2D eigenvalue weighted by Crippen LogP contribution is 2.35. The molecule has 10 heteroatoms. The third-order valence-corrected chi connectivity index (χ3v) is 6.38. The van der Waals surface area contributed by atoms with Crippen LogP contribution in [0.2, 0.25) is 0 Å². The van der Waals surface area contributed by atoms with Gasteiger partial charge in [-0.15, -0.1) is 0 Å². The molecule has 0 radical (unpaired) electrons. The van der Waals surface area contributed by atoms with E-state index in [4.69, 9.17) is 9.47 Å². The zero-order valence-corrected chi connectivity index (χ0v) is 22.7. The summed E-state index contributed by atoms with van der Waals surface area (Å²) in [5, 5.41) is 2.82. The number of carbonyl (C=O) groups excluding carboxylic acids is 2. The number of likely N-dealkylation sites (tertiary alicyclic amines) is 1. The molecule has 200 valence electrons. The first-order valence-electron chi connectivity index (χ1n) is 12.0. The van der Waals surface area contributed by atoms with E-state index in [-0.39, 0.29) is 23.2 Å². The van der Waals surface area contributed by atoms with Crippen LogP contribution in [-0.2, 0) is 4.74 Å². The second-order valence-electron chi connectivity index (χ2n) is 9.85. The van der Waals surface area contributed by atoms with Crippen molar-refractivity contribution >= 4 is 33.6 Å². The molecule has 4 rings (SSSR count). The number of anilines is 1. The van der Waals surface area contributed by atoms with Gasteiger partial charge in [-0.3, -0.25) is 9.74 Å². The van der Waals surface area contributed by atoms with E-state index in [1.54, 1.807) is 35.2 Å². The summed E-state index contributed by atoms with van der Waals surface area (Å²) in [5.74, 6) is -0.314. The van der Waals surface area contributed by atoms with Crippen LogP contribution in [-0.4, -0.2) is 41.7 Å². The summed E-state index contributed by atoms with van der Waals surface area (Å²) < 4.78 is 38.2. The van der Waals surface area contributed by atoms with Crippen molar-refractivity contribution in [2.24, 2.45) is 0 Å². The second-order valence-corrected chi connectivity index (χ2v) is 10.7. The summed E-state index contributed by atoms with van der Waals surface area (Å²) in [6, 6.07) is 15.3. The summed E-state index contributed by atoms with van der Waals surface area (Å²) in [5.41, 5.74) is 1.50. The van der Waals surface area contributed by atoms with Gasteiger partial charge in [0.05, 0.1) is 11.0 Å². The highest BCUT2D eigenvalue weighted by Gasteiger charge is 2.31. The maximum atomic E-state index is 13.6. The lowest BCUT2D eigenvalue weighted by atomic mass is 10.0. The van der Waals surface area contributed by atoms with E-state index in [0.29, 0.717) is 46.5 Å². The molecule has 0 spiro atoms. The number of hydrogen-bond acceptors (Lipinski definition) is 5. The summed E-state index contributed by atoms with van der Waals surface area (Å²) >= 11 is 3.16. The molecule has 7 nitrogen and oxygen atoms in total. The number of amides is 2. The number of rotatable bonds is 6. The summed E-state index contributed by atoms with van der Waals surface area (Å²) in [6.45, 7) is 6.31. The molecule has 3 aromatic carbocycles. The summed E-state index contributed by atoms with van der Waals surface area (Å²) in [6.07, 6.45) is -0.0393. The lowest BCUT2D eigenvalue weighted by Gasteiger charge is -2.24. The van der Waals surface area contributed by atoms with Crippen molar-refractivity contribution < 1.29 is 32.9 Å². The number of nitrogens with one attached hydrogen (secondary N) is 1. The Bertz CT molecular complexity index is 1330. The zero-order chi connectivity index (χ0) is 27.4. The average molecular weight is 589 g/mol. The van der Waals surface area contributed by atoms with E-state index in [2.05, 4.69) is 26.2 Å². The quantitative estimate of drug-likeness (QED) is 0.330. The van der Waals surface area contributed by atoms with Crippen LogP contribution in [0.1, 0.15) is 37.6 Å². The van der Waals surface area contributed by atoms with Gasteiger partial charge in [-0.1, -0.05) is 12.1 Å². The Balaban J connectivity index is 1.55. The van der Waals surface area contributed by atoms with Crippen molar-refractivity contribution in [1.29, 1.82) is 0 Å². The van der Waals surface area contributed by atoms with Crippen LogP contribution in [0.15, 0.2) is 65.1 Å². The van der Waals surface area contributed by atoms with Gasteiger partial charge in [-0.05, 0) is 90.8 Å². The Hall–Kier alpha value is -3.66. The molecule has 0 saturated carbocycles. The van der Waals surface area contributed by atoms with Crippen molar-refractivity contribution in [2.45, 2.75) is 38.9 Å². The smallest absolute Gasteiger partial charge is 0.410 e. The molecule has 1 atom stereocenters. The zero-order valence-electron chi connectivity index (χ0n) is 21.1. The highest BCUT2D eigenvalue weighted by atomic mass is 79.9. The van der Waals surface area contributed by atoms with Gasteiger partial charge in [-0.25, -0.2) is 9.18 Å². The molecule has 1 saturated heterocycles. The van der Waals surface area contributed by atoms with Crippen molar-refractivity contribution in [3.63, 3.8) is 0 Å². The van der Waals surface area contributed by atoms with Gasteiger partial charge in [0.15, 0.2) is 5.75 Å². The molecule has 0 bridgehead atoms. The minimum atomic E-state index is -0.592. The van der Waals surface area contributed by atoms with Gasteiger partial charge < -0.3 is 19.7 Å². The molecule has 3 aromatic rings. The van der Waals surface area contributed by atoms with Gasteiger partial charge in [-0.2, -0.15) is 0 Å². The van der Waals surface area contributed by atoms with Gasteiger partial charge in [0, 0.05) is 34.3 Å². The Kier molecular flexibility index (Phi) is 8.20. The van der Waals surface area contributed by atoms with E-state index < -0.39 is 17.6 Å². The minimum absolute atomic E-state index is 0.0428. The van der Waals surface area contributed by atoms with Crippen molar-refractivity contribution in [2.75, 3.05) is 18.4 Å². The summed E-state index contributed by atoms with van der Waals surface area (Å²) in [7, 11) is 0. The first-order chi connectivity index (χ1) is 18.0. The third kappa shape index (κ3) is 6.80. The Morgan fingerprint density at radius 2 is 1.74 bits per heavy atom. The van der Waals surface area contributed by atoms with E-state index in [1.807, 2.05) is 20.8 Å². The van der Waals surface area contributed by atoms with Gasteiger partial charge in [0.25, 0.3) is 5.91 Å². The van der Waals surface area contributed by atoms with Gasteiger partial charge in [0.1, 0.15) is 23.3 Å². The number of hydrogen-bond donors (Lipinski definition) is 1. The van der Waals surface area contributed by atoms with Crippen LogP contribution in [0.5, 0.6) is 11.5 Å². The third-order valence-electron chi connectivity index (χ3n) is 5.76. The molecule has 38 heavy (non-hydrogen) atoms. The molecule has 1 N–H and O–H groups in total. The van der Waals surface area contributed by atoms with Crippen LogP contribution in [0.25, 0.3) is 11.1 Å². The van der Waals surface area contributed by atoms with Crippen molar-refractivity contribution in [3.8, 4) is 22.6 Å². The van der Waals surface area contributed by atoms with Crippen molar-refractivity contribution in [3.05, 3.63) is 76.5 Å². The fourth-order valence-electron chi connectivity index (χ4n) is 3.97. The fraction of sp³-hybridized carbons (Fsp3) is 0.286. The van der Waals surface area contributed by atoms with Crippen LogP contribution >= 0.6 is 15.9 Å². The molecule has 1 aliphatic rings. The van der Waals surface area contributed by atoms with Crippen LogP contribution in [0, 0.1) is 5.82 Å². The molecule has 0 aliphatic carbocycles. The molecule has 1 heterocycles. The van der Waals surface area contributed by atoms with Crippen LogP contribution in [0.3, 0.4) is 0 Å². The largest absolute Gasteiger partial charge is 0.488 e. The molecular formula is C28H27BrF2N2O5. The number of ether oxygens (including phenoxy) is 2. The lowest BCUT2D eigenvalue weighted by Crippen LogP contribution is -2.36. The van der Waals surface area contributed by atoms with E-state index in [9.17, 15) is 18.5 Å². The van der Waals surface area contributed by atoms with E-state index in [1.165, 1.54) is 30.3 Å². The maximum Gasteiger partial charge on any atom is 0.410 e. The van der Waals surface area contributed by atoms with Crippen molar-refractivity contribution in [1.82, 2.24) is 4.90 Å². The predicted octanol–water partition coefficient (Wildman–Crippen LogP) is 7.16. The van der Waals surface area contributed by atoms with E-state index in [0.717, 1.165) is 0 Å². The first kappa shape index (κ1) is 27.4. The SMILES string of the molecule is CC(C)(C)OC(=O)N1CCC(Oc2ccc(NC(=O)c3ccc(OF)c(Br)c3)cc2-c2ccc(F)cc2)C1. The second kappa shape index (κ2) is 11.4. The molecule has 1 fully saturated rings. The monoisotopic (exact) mass is 588 g/mol. The van der Waals surface area contributed by atoms with Crippen LogP contribution < -0.4 is 15.0 Å².